The first-order valence-corrected chi connectivity index (χ1v) is 9.37. The second kappa shape index (κ2) is 7.23. The van der Waals surface area contributed by atoms with Gasteiger partial charge in [0.15, 0.2) is 5.78 Å². The number of nitrogens with one attached hydrogen (secondary N) is 1. The first kappa shape index (κ1) is 16.8. The molecule has 0 bridgehead atoms. The second-order valence-corrected chi connectivity index (χ2v) is 7.85. The molecular weight excluding hydrogens is 342 g/mol. The van der Waals surface area contributed by atoms with Gasteiger partial charge in [-0.2, -0.15) is 0 Å². The number of allylic oxidation sites excluding steroid dienone is 1. The van der Waals surface area contributed by atoms with Crippen molar-refractivity contribution in [3.8, 4) is 5.75 Å². The molecule has 0 saturated carbocycles. The Morgan fingerprint density at radius 2 is 2.12 bits per heavy atom. The van der Waals surface area contributed by atoms with Gasteiger partial charge in [-0.3, -0.25) is 9.59 Å². The zero-order valence-corrected chi connectivity index (χ0v) is 15.0. The van der Waals surface area contributed by atoms with Crippen LogP contribution in [0.15, 0.2) is 40.6 Å². The van der Waals surface area contributed by atoms with E-state index >= 15 is 0 Å². The quantitative estimate of drug-likeness (QED) is 0.632. The molecule has 0 atom stereocenters. The highest BCUT2D eigenvalue weighted by Gasteiger charge is 2.20. The van der Waals surface area contributed by atoms with Crippen LogP contribution in [-0.2, 0) is 4.79 Å². The minimum atomic E-state index is -0.0800. The maximum atomic E-state index is 12.4. The van der Waals surface area contributed by atoms with Crippen LogP contribution in [-0.4, -0.2) is 23.5 Å². The minimum Gasteiger partial charge on any atom is -0.490 e. The highest BCUT2D eigenvalue weighted by molar-refractivity contribution is 8.02. The summed E-state index contributed by atoms with van der Waals surface area (Å²) in [4.78, 5) is 24.4. The largest absolute Gasteiger partial charge is 0.490 e. The zero-order valence-electron chi connectivity index (χ0n) is 13.4. The molecule has 6 heteroatoms. The molecule has 0 saturated heterocycles. The van der Waals surface area contributed by atoms with E-state index in [1.54, 1.807) is 18.2 Å². The zero-order chi connectivity index (χ0) is 17.1. The number of ether oxygens (including phenoxy) is 1. The third-order valence-electron chi connectivity index (χ3n) is 3.25. The fourth-order valence-corrected chi connectivity index (χ4v) is 4.28. The number of hydrogen-bond donors (Lipinski definition) is 1. The van der Waals surface area contributed by atoms with Crippen LogP contribution in [0.25, 0.3) is 6.08 Å². The number of hydrogen-bond acceptors (Lipinski definition) is 5. The minimum absolute atomic E-state index is 0.0281. The van der Waals surface area contributed by atoms with Crippen LogP contribution in [0.2, 0.25) is 0 Å². The highest BCUT2D eigenvalue weighted by Crippen LogP contribution is 2.39. The number of carbonyl (C=O) groups is 2. The summed E-state index contributed by atoms with van der Waals surface area (Å²) in [5.74, 6) is 1.05. The molecule has 1 N–H and O–H groups in total. The normalized spacial score (nSPS) is 13.9. The molecule has 0 unspecified atom stereocenters. The van der Waals surface area contributed by atoms with Gasteiger partial charge in [-0.1, -0.05) is 18.2 Å². The summed E-state index contributed by atoms with van der Waals surface area (Å²) in [6, 6.07) is 9.36. The van der Waals surface area contributed by atoms with Crippen molar-refractivity contribution in [2.45, 2.75) is 24.2 Å². The number of carbonyl (C=O) groups excluding carboxylic acids is 2. The summed E-state index contributed by atoms with van der Waals surface area (Å²) in [5.41, 5.74) is 1.60. The first-order chi connectivity index (χ1) is 11.5. The summed E-state index contributed by atoms with van der Waals surface area (Å²) >= 11 is 2.88. The van der Waals surface area contributed by atoms with Crippen LogP contribution in [0.1, 0.15) is 29.1 Å². The van der Waals surface area contributed by atoms with Gasteiger partial charge in [0.2, 0.25) is 5.91 Å². The van der Waals surface area contributed by atoms with Crippen LogP contribution in [0.3, 0.4) is 0 Å². The van der Waals surface area contributed by atoms with Crippen LogP contribution < -0.4 is 10.1 Å². The van der Waals surface area contributed by atoms with Crippen molar-refractivity contribution in [3.63, 3.8) is 0 Å². The molecule has 24 heavy (non-hydrogen) atoms. The Morgan fingerprint density at radius 1 is 1.33 bits per heavy atom. The maximum absolute atomic E-state index is 12.4. The highest BCUT2D eigenvalue weighted by atomic mass is 32.2. The summed E-state index contributed by atoms with van der Waals surface area (Å²) in [6.07, 6.45) is 3.39. The molecule has 0 spiro atoms. The Balaban J connectivity index is 1.78. The molecule has 1 aromatic heterocycles. The van der Waals surface area contributed by atoms with Crippen molar-refractivity contribution in [2.24, 2.45) is 0 Å². The summed E-state index contributed by atoms with van der Waals surface area (Å²) < 4.78 is 6.73. The molecule has 0 fully saturated rings. The topological polar surface area (TPSA) is 55.4 Å². The van der Waals surface area contributed by atoms with Gasteiger partial charge in [-0.15, -0.1) is 23.1 Å². The van der Waals surface area contributed by atoms with E-state index in [4.69, 9.17) is 4.74 Å². The predicted molar refractivity (Wildman–Crippen MR) is 99.2 cm³/mol. The lowest BCUT2D eigenvalue weighted by Crippen LogP contribution is -2.17. The molecule has 3 rings (SSSR count). The van der Waals surface area contributed by atoms with E-state index in [0.29, 0.717) is 10.6 Å². The number of fused-ring (bicyclic) bond motifs is 1. The second-order valence-electron chi connectivity index (χ2n) is 5.55. The van der Waals surface area contributed by atoms with Crippen LogP contribution in [0.4, 0.5) is 5.69 Å². The van der Waals surface area contributed by atoms with Crippen LogP contribution in [0, 0.1) is 0 Å². The molecule has 0 radical (unpaired) electrons. The van der Waals surface area contributed by atoms with Gasteiger partial charge in [-0.25, -0.2) is 0 Å². The summed E-state index contributed by atoms with van der Waals surface area (Å²) in [5, 5.41) is 2.79. The number of thiophene rings is 1. The predicted octanol–water partition coefficient (Wildman–Crippen LogP) is 4.48. The van der Waals surface area contributed by atoms with Gasteiger partial charge in [0.1, 0.15) is 5.75 Å². The Morgan fingerprint density at radius 3 is 2.92 bits per heavy atom. The number of para-hydroxylation sites is 1. The van der Waals surface area contributed by atoms with Crippen molar-refractivity contribution in [1.29, 1.82) is 0 Å². The van der Waals surface area contributed by atoms with Crippen molar-refractivity contribution in [2.75, 3.05) is 11.1 Å². The van der Waals surface area contributed by atoms with E-state index < -0.39 is 0 Å². The average molecular weight is 359 g/mol. The number of ketones is 1. The maximum Gasteiger partial charge on any atom is 0.234 e. The number of benzene rings is 1. The Bertz CT molecular complexity index is 808. The van der Waals surface area contributed by atoms with Crippen molar-refractivity contribution >= 4 is 46.6 Å². The van der Waals surface area contributed by atoms with Gasteiger partial charge in [-0.05, 0) is 38.1 Å². The molecular formula is C18H17NO3S2. The Labute approximate surface area is 148 Å². The Hall–Kier alpha value is -2.05. The van der Waals surface area contributed by atoms with Crippen molar-refractivity contribution in [1.82, 2.24) is 0 Å². The fraction of sp³-hybridized carbons (Fsp3) is 0.222. The average Bonchev–Trinajstić information content (AvgIpc) is 2.96. The molecule has 1 aliphatic heterocycles. The third kappa shape index (κ3) is 3.88. The van der Waals surface area contributed by atoms with E-state index in [2.05, 4.69) is 5.32 Å². The van der Waals surface area contributed by atoms with Crippen LogP contribution >= 0.6 is 23.1 Å². The van der Waals surface area contributed by atoms with Gasteiger partial charge in [0.05, 0.1) is 26.6 Å². The first-order valence-electron chi connectivity index (χ1n) is 7.57. The molecule has 4 nitrogen and oxygen atoms in total. The Kier molecular flexibility index (Phi) is 5.06. The molecule has 2 aromatic rings. The van der Waals surface area contributed by atoms with E-state index in [1.165, 1.54) is 23.1 Å². The monoisotopic (exact) mass is 359 g/mol. The molecule has 0 aliphatic carbocycles. The van der Waals surface area contributed by atoms with E-state index in [0.717, 1.165) is 21.2 Å². The number of anilines is 1. The molecule has 2 heterocycles. The van der Waals surface area contributed by atoms with E-state index in [9.17, 15) is 9.59 Å². The number of amides is 1. The fourth-order valence-electron chi connectivity index (χ4n) is 2.23. The molecule has 124 valence electrons. The summed E-state index contributed by atoms with van der Waals surface area (Å²) in [7, 11) is 0. The lowest BCUT2D eigenvalue weighted by atomic mass is 10.1. The van der Waals surface area contributed by atoms with Crippen molar-refractivity contribution in [3.05, 3.63) is 46.8 Å². The lowest BCUT2D eigenvalue weighted by Gasteiger charge is -2.11. The standard InChI is InChI=1S/C18H17NO3S2/c1-11(2)22-15-6-4-3-5-12(15)7-8-14(20)16-9-13-18(24-16)23-10-17(21)19-13/h3-9,11H,10H2,1-2H3,(H,19,21). The van der Waals surface area contributed by atoms with Gasteiger partial charge < -0.3 is 10.1 Å². The van der Waals surface area contributed by atoms with Crippen molar-refractivity contribution < 1.29 is 14.3 Å². The van der Waals surface area contributed by atoms with Gasteiger partial charge in [0.25, 0.3) is 0 Å². The molecule has 1 aliphatic rings. The van der Waals surface area contributed by atoms with Gasteiger partial charge >= 0.3 is 0 Å². The number of rotatable bonds is 5. The van der Waals surface area contributed by atoms with Gasteiger partial charge in [0, 0.05) is 5.56 Å². The SMILES string of the molecule is CC(C)Oc1ccccc1C=CC(=O)c1cc2c(s1)SCC(=O)N2. The lowest BCUT2D eigenvalue weighted by molar-refractivity contribution is -0.113. The summed E-state index contributed by atoms with van der Waals surface area (Å²) in [6.45, 7) is 3.93. The molecule has 1 aromatic carbocycles. The molecule has 1 amide bonds. The van der Waals surface area contributed by atoms with Crippen LogP contribution in [0.5, 0.6) is 5.75 Å². The third-order valence-corrected chi connectivity index (χ3v) is 5.68. The van der Waals surface area contributed by atoms with E-state index in [-0.39, 0.29) is 17.8 Å². The smallest absolute Gasteiger partial charge is 0.234 e. The van der Waals surface area contributed by atoms with E-state index in [1.807, 2.05) is 38.1 Å². The number of thioether (sulfide) groups is 1.